The van der Waals surface area contributed by atoms with E-state index in [0.29, 0.717) is 17.4 Å². The van der Waals surface area contributed by atoms with E-state index < -0.39 is 23.8 Å². The Bertz CT molecular complexity index is 773. The molecule has 0 spiro atoms. The van der Waals surface area contributed by atoms with E-state index in [1.165, 1.54) is 32.6 Å². The first-order chi connectivity index (χ1) is 12.6. The molecule has 1 aromatic carbocycles. The minimum absolute atomic E-state index is 0.196. The first-order valence-corrected chi connectivity index (χ1v) is 8.93. The van der Waals surface area contributed by atoms with Crippen LogP contribution < -0.4 is 15.0 Å². The van der Waals surface area contributed by atoms with Crippen LogP contribution in [0.2, 0.25) is 0 Å². The molecule has 4 rings (SSSR count). The fourth-order valence-corrected chi connectivity index (χ4v) is 4.29. The number of nitrogens with zero attached hydrogens (tertiary/aromatic N) is 2. The van der Waals surface area contributed by atoms with Crippen molar-refractivity contribution in [2.24, 2.45) is 22.7 Å². The van der Waals surface area contributed by atoms with Gasteiger partial charge >= 0.3 is 6.03 Å². The van der Waals surface area contributed by atoms with Crippen molar-refractivity contribution in [2.45, 2.75) is 31.7 Å². The third-order valence-electron chi connectivity index (χ3n) is 5.66. The molecule has 1 aromatic rings. The second-order valence-electron chi connectivity index (χ2n) is 7.18. The van der Waals surface area contributed by atoms with Crippen molar-refractivity contribution in [3.8, 4) is 5.75 Å². The number of hydrogen-bond acceptors (Lipinski definition) is 5. The van der Waals surface area contributed by atoms with Crippen molar-refractivity contribution < 1.29 is 19.1 Å². The Labute approximate surface area is 151 Å². The molecular weight excluding hydrogens is 334 g/mol. The third kappa shape index (κ3) is 2.87. The second-order valence-corrected chi connectivity index (χ2v) is 7.18. The number of benzene rings is 1. The number of urea groups is 1. The van der Waals surface area contributed by atoms with Gasteiger partial charge in [-0.3, -0.25) is 19.9 Å². The average molecular weight is 355 g/mol. The zero-order valence-corrected chi connectivity index (χ0v) is 14.6. The first kappa shape index (κ1) is 16.8. The molecule has 136 valence electrons. The summed E-state index contributed by atoms with van der Waals surface area (Å²) in [6.45, 7) is 0. The number of hydrogen-bond donors (Lipinski definition) is 1. The number of amides is 4. The highest BCUT2D eigenvalue weighted by molar-refractivity contribution is 6.32. The fraction of sp³-hybridized carbons (Fsp3) is 0.474. The Morgan fingerprint density at radius 2 is 1.92 bits per heavy atom. The lowest BCUT2D eigenvalue weighted by Gasteiger charge is -2.29. The van der Waals surface area contributed by atoms with Crippen molar-refractivity contribution in [2.75, 3.05) is 12.0 Å². The molecule has 4 amide bonds. The van der Waals surface area contributed by atoms with Gasteiger partial charge in [0.1, 0.15) is 5.75 Å². The van der Waals surface area contributed by atoms with E-state index in [2.05, 4.69) is 10.3 Å². The summed E-state index contributed by atoms with van der Waals surface area (Å²) in [5, 5.41) is 2.25. The zero-order chi connectivity index (χ0) is 18.3. The summed E-state index contributed by atoms with van der Waals surface area (Å²) in [6, 6.07) is 5.98. The Kier molecular flexibility index (Phi) is 4.22. The maximum Gasteiger partial charge on any atom is 0.335 e. The zero-order valence-electron chi connectivity index (χ0n) is 14.6. The molecule has 2 bridgehead atoms. The molecule has 1 N–H and O–H groups in total. The van der Waals surface area contributed by atoms with E-state index in [9.17, 15) is 14.4 Å². The predicted octanol–water partition coefficient (Wildman–Crippen LogP) is 2.15. The van der Waals surface area contributed by atoms with Crippen molar-refractivity contribution in [3.63, 3.8) is 0 Å². The molecule has 0 unspecified atom stereocenters. The number of ether oxygens (including phenoxy) is 1. The van der Waals surface area contributed by atoms with Crippen LogP contribution in [0.15, 0.2) is 29.3 Å². The molecule has 4 atom stereocenters. The van der Waals surface area contributed by atoms with Crippen LogP contribution in [0.3, 0.4) is 0 Å². The summed E-state index contributed by atoms with van der Waals surface area (Å²) < 4.78 is 5.09. The van der Waals surface area contributed by atoms with Crippen LogP contribution in [0.4, 0.5) is 10.5 Å². The minimum Gasteiger partial charge on any atom is -0.497 e. The lowest BCUT2D eigenvalue weighted by Crippen LogP contribution is -2.58. The molecule has 0 radical (unpaired) electrons. The Morgan fingerprint density at radius 1 is 1.15 bits per heavy atom. The normalized spacial score (nSPS) is 31.0. The Hall–Kier alpha value is -2.70. The quantitative estimate of drug-likeness (QED) is 0.662. The standard InChI is InChI=1S/C19H21N3O4/c1-26-14-6-4-13(5-7-14)22-18(24)15(17(23)21-19(22)25)10-20-16-9-11-2-3-12(16)8-11/h4-7,10-12,15-16H,2-3,8-9H2,1H3,(H,21,23,25)/t11-,12-,15-,16-/m0/s1. The average Bonchev–Trinajstić information content (AvgIpc) is 3.25. The second kappa shape index (κ2) is 6.55. The number of fused-ring (bicyclic) bond motifs is 2. The molecule has 1 saturated heterocycles. The smallest absolute Gasteiger partial charge is 0.335 e. The number of anilines is 1. The number of imide groups is 2. The highest BCUT2D eigenvalue weighted by Crippen LogP contribution is 2.45. The van der Waals surface area contributed by atoms with Crippen LogP contribution in [0, 0.1) is 17.8 Å². The largest absolute Gasteiger partial charge is 0.497 e. The maximum absolute atomic E-state index is 12.8. The van der Waals surface area contributed by atoms with Crippen molar-refractivity contribution in [1.82, 2.24) is 5.32 Å². The fourth-order valence-electron chi connectivity index (χ4n) is 4.29. The summed E-state index contributed by atoms with van der Waals surface area (Å²) in [7, 11) is 1.54. The van der Waals surface area contributed by atoms with E-state index in [0.717, 1.165) is 17.2 Å². The van der Waals surface area contributed by atoms with Gasteiger partial charge in [0, 0.05) is 6.21 Å². The molecule has 26 heavy (non-hydrogen) atoms. The number of methoxy groups -OCH3 is 1. The van der Waals surface area contributed by atoms with E-state index in [-0.39, 0.29) is 6.04 Å². The Balaban J connectivity index is 1.54. The van der Waals surface area contributed by atoms with Gasteiger partial charge in [-0.2, -0.15) is 0 Å². The number of barbiturate groups is 1. The van der Waals surface area contributed by atoms with E-state index >= 15 is 0 Å². The number of nitrogens with one attached hydrogen (secondary N) is 1. The summed E-state index contributed by atoms with van der Waals surface area (Å²) >= 11 is 0. The van der Waals surface area contributed by atoms with Crippen LogP contribution in [-0.4, -0.2) is 37.2 Å². The predicted molar refractivity (Wildman–Crippen MR) is 95.2 cm³/mol. The van der Waals surface area contributed by atoms with Crippen LogP contribution >= 0.6 is 0 Å². The van der Waals surface area contributed by atoms with Gasteiger partial charge < -0.3 is 4.74 Å². The molecule has 7 nitrogen and oxygen atoms in total. The highest BCUT2D eigenvalue weighted by atomic mass is 16.5. The molecular formula is C19H21N3O4. The molecule has 7 heteroatoms. The van der Waals surface area contributed by atoms with Gasteiger partial charge in [-0.1, -0.05) is 6.42 Å². The summed E-state index contributed by atoms with van der Waals surface area (Å²) in [6.07, 6.45) is 6.10. The Morgan fingerprint density at radius 3 is 2.54 bits per heavy atom. The molecule has 3 fully saturated rings. The van der Waals surface area contributed by atoms with Crippen molar-refractivity contribution >= 4 is 29.7 Å². The lowest BCUT2D eigenvalue weighted by atomic mass is 9.95. The highest BCUT2D eigenvalue weighted by Gasteiger charge is 2.42. The van der Waals surface area contributed by atoms with Crippen molar-refractivity contribution in [1.29, 1.82) is 0 Å². The number of carbonyl (C=O) groups excluding carboxylic acids is 3. The maximum atomic E-state index is 12.8. The molecule has 1 aliphatic heterocycles. The van der Waals surface area contributed by atoms with Crippen LogP contribution in [0.5, 0.6) is 5.75 Å². The molecule has 2 saturated carbocycles. The number of aliphatic imine (C=N–C) groups is 1. The molecule has 3 aliphatic rings. The monoisotopic (exact) mass is 355 g/mol. The minimum atomic E-state index is -1.08. The summed E-state index contributed by atoms with van der Waals surface area (Å²) in [5.74, 6) is -0.349. The van der Waals surface area contributed by atoms with Gasteiger partial charge in [-0.25, -0.2) is 9.69 Å². The van der Waals surface area contributed by atoms with Gasteiger partial charge in [0.2, 0.25) is 5.91 Å². The molecule has 1 heterocycles. The van der Waals surface area contributed by atoms with E-state index in [1.807, 2.05) is 0 Å². The van der Waals surface area contributed by atoms with Crippen molar-refractivity contribution in [3.05, 3.63) is 24.3 Å². The van der Waals surface area contributed by atoms with Gasteiger partial charge in [0.25, 0.3) is 5.91 Å². The van der Waals surface area contributed by atoms with E-state index in [1.54, 1.807) is 24.3 Å². The third-order valence-corrected chi connectivity index (χ3v) is 5.66. The van der Waals surface area contributed by atoms with E-state index in [4.69, 9.17) is 4.74 Å². The van der Waals surface area contributed by atoms with Crippen LogP contribution in [-0.2, 0) is 9.59 Å². The number of carbonyl (C=O) groups is 3. The van der Waals surface area contributed by atoms with Crippen LogP contribution in [0.25, 0.3) is 0 Å². The van der Waals surface area contributed by atoms with Gasteiger partial charge in [-0.05, 0) is 55.4 Å². The molecule has 0 aromatic heterocycles. The summed E-state index contributed by atoms with van der Waals surface area (Å²) in [4.78, 5) is 42.7. The lowest BCUT2D eigenvalue weighted by molar-refractivity contribution is -0.131. The van der Waals surface area contributed by atoms with Gasteiger partial charge in [0.05, 0.1) is 18.8 Å². The topological polar surface area (TPSA) is 88.1 Å². The summed E-state index contributed by atoms with van der Waals surface area (Å²) in [5.41, 5.74) is 0.388. The number of rotatable bonds is 4. The SMILES string of the molecule is COc1ccc(N2C(=O)NC(=O)[C@H](C=N[C@H]3C[C@H]4CC[C@H]3C4)C2=O)cc1. The van der Waals surface area contributed by atoms with Crippen LogP contribution in [0.1, 0.15) is 25.7 Å². The van der Waals surface area contributed by atoms with Gasteiger partial charge in [-0.15, -0.1) is 0 Å². The molecule has 2 aliphatic carbocycles. The van der Waals surface area contributed by atoms with Gasteiger partial charge in [0.15, 0.2) is 5.92 Å². The first-order valence-electron chi connectivity index (χ1n) is 8.93.